The Balaban J connectivity index is 1.70. The van der Waals surface area contributed by atoms with E-state index in [9.17, 15) is 4.79 Å². The minimum absolute atomic E-state index is 0.0577. The highest BCUT2D eigenvalue weighted by atomic mass is 32.1. The first-order valence-electron chi connectivity index (χ1n) is 7.83. The summed E-state index contributed by atoms with van der Waals surface area (Å²) in [5, 5.41) is 5.25. The summed E-state index contributed by atoms with van der Waals surface area (Å²) in [5.41, 5.74) is 10.0. The number of para-hydroxylation sites is 1. The van der Waals surface area contributed by atoms with Crippen molar-refractivity contribution in [2.24, 2.45) is 0 Å². The van der Waals surface area contributed by atoms with Gasteiger partial charge in [-0.3, -0.25) is 4.79 Å². The van der Waals surface area contributed by atoms with Crippen LogP contribution in [0.3, 0.4) is 0 Å². The molecule has 2 aromatic carbocycles. The van der Waals surface area contributed by atoms with E-state index in [-0.39, 0.29) is 12.5 Å². The number of nitrogens with one attached hydrogen (secondary N) is 1. The van der Waals surface area contributed by atoms with E-state index in [0.717, 1.165) is 28.1 Å². The number of hydrogen-bond acceptors (Lipinski definition) is 5. The number of hydrogen-bond donors (Lipinski definition) is 2. The molecule has 0 fully saturated rings. The van der Waals surface area contributed by atoms with E-state index in [4.69, 9.17) is 10.5 Å². The van der Waals surface area contributed by atoms with E-state index < -0.39 is 0 Å². The van der Waals surface area contributed by atoms with Crippen LogP contribution < -0.4 is 15.8 Å². The van der Waals surface area contributed by atoms with Crippen LogP contribution in [0, 0.1) is 13.8 Å². The first-order valence-corrected chi connectivity index (χ1v) is 8.71. The molecule has 3 aromatic rings. The zero-order valence-corrected chi connectivity index (χ0v) is 14.9. The molecule has 0 unspecified atom stereocenters. The van der Waals surface area contributed by atoms with Crippen molar-refractivity contribution >= 4 is 28.1 Å². The van der Waals surface area contributed by atoms with Crippen molar-refractivity contribution in [1.82, 2.24) is 4.98 Å². The molecule has 0 bridgehead atoms. The molecule has 5 nitrogen and oxygen atoms in total. The summed E-state index contributed by atoms with van der Waals surface area (Å²) in [4.78, 5) is 16.6. The monoisotopic (exact) mass is 353 g/mol. The molecule has 3 N–H and O–H groups in total. The summed E-state index contributed by atoms with van der Waals surface area (Å²) < 4.78 is 5.66. The van der Waals surface area contributed by atoms with Crippen molar-refractivity contribution in [3.63, 3.8) is 0 Å². The summed E-state index contributed by atoms with van der Waals surface area (Å²) in [6, 6.07) is 13.4. The molecule has 0 radical (unpaired) electrons. The van der Waals surface area contributed by atoms with Gasteiger partial charge in [0.25, 0.3) is 5.91 Å². The summed E-state index contributed by atoms with van der Waals surface area (Å²) in [7, 11) is 0. The highest BCUT2D eigenvalue weighted by Crippen LogP contribution is 2.29. The van der Waals surface area contributed by atoms with Crippen molar-refractivity contribution in [3.8, 4) is 17.0 Å². The van der Waals surface area contributed by atoms with Gasteiger partial charge in [0.2, 0.25) is 0 Å². The van der Waals surface area contributed by atoms with Gasteiger partial charge in [0, 0.05) is 10.9 Å². The fourth-order valence-corrected chi connectivity index (χ4v) is 2.98. The van der Waals surface area contributed by atoms with Gasteiger partial charge in [-0.05, 0) is 37.1 Å². The number of benzene rings is 2. The fraction of sp³-hybridized carbons (Fsp3) is 0.158. The number of ether oxygens (including phenoxy) is 1. The molecule has 0 saturated heterocycles. The Morgan fingerprint density at radius 2 is 2.04 bits per heavy atom. The minimum Gasteiger partial charge on any atom is -0.483 e. The fourth-order valence-electron chi connectivity index (χ4n) is 2.42. The third kappa shape index (κ3) is 4.16. The Morgan fingerprint density at radius 3 is 2.80 bits per heavy atom. The van der Waals surface area contributed by atoms with Gasteiger partial charge in [-0.25, -0.2) is 4.98 Å². The number of thiazole rings is 1. The van der Waals surface area contributed by atoms with Gasteiger partial charge < -0.3 is 15.8 Å². The van der Waals surface area contributed by atoms with Crippen molar-refractivity contribution in [3.05, 3.63) is 59.0 Å². The van der Waals surface area contributed by atoms with E-state index in [1.54, 1.807) is 0 Å². The van der Waals surface area contributed by atoms with E-state index in [0.29, 0.717) is 10.8 Å². The molecule has 1 aromatic heterocycles. The van der Waals surface area contributed by atoms with Crippen LogP contribution in [0.5, 0.6) is 5.75 Å². The van der Waals surface area contributed by atoms with Crippen LogP contribution in [0.1, 0.15) is 11.1 Å². The number of rotatable bonds is 5. The predicted molar refractivity (Wildman–Crippen MR) is 102 cm³/mol. The second kappa shape index (κ2) is 7.36. The Kier molecular flexibility index (Phi) is 5.00. The van der Waals surface area contributed by atoms with Crippen LogP contribution in [0.2, 0.25) is 0 Å². The maximum Gasteiger partial charge on any atom is 0.262 e. The van der Waals surface area contributed by atoms with E-state index in [1.807, 2.05) is 61.7 Å². The number of carbonyl (C=O) groups is 1. The lowest BCUT2D eigenvalue weighted by atomic mass is 10.1. The first kappa shape index (κ1) is 17.0. The minimum atomic E-state index is -0.225. The van der Waals surface area contributed by atoms with E-state index >= 15 is 0 Å². The van der Waals surface area contributed by atoms with Gasteiger partial charge in [-0.2, -0.15) is 0 Å². The zero-order chi connectivity index (χ0) is 17.8. The molecule has 0 aliphatic rings. The van der Waals surface area contributed by atoms with Crippen LogP contribution in [-0.2, 0) is 4.79 Å². The third-order valence-corrected chi connectivity index (χ3v) is 4.38. The lowest BCUT2D eigenvalue weighted by molar-refractivity contribution is -0.118. The molecule has 0 saturated carbocycles. The molecular weight excluding hydrogens is 334 g/mol. The van der Waals surface area contributed by atoms with E-state index in [2.05, 4.69) is 10.3 Å². The molecule has 1 amide bonds. The van der Waals surface area contributed by atoms with Gasteiger partial charge in [0.1, 0.15) is 5.75 Å². The Hall–Kier alpha value is -2.86. The smallest absolute Gasteiger partial charge is 0.262 e. The van der Waals surface area contributed by atoms with Crippen molar-refractivity contribution in [2.75, 3.05) is 17.7 Å². The number of carbonyl (C=O) groups excluding carboxylic acids is 1. The second-order valence-electron chi connectivity index (χ2n) is 5.72. The van der Waals surface area contributed by atoms with Crippen LogP contribution in [-0.4, -0.2) is 17.5 Å². The van der Waals surface area contributed by atoms with Crippen molar-refractivity contribution in [1.29, 1.82) is 0 Å². The number of nitrogen functional groups attached to an aromatic ring is 1. The number of nitrogens with zero attached hydrogens (tertiary/aromatic N) is 1. The summed E-state index contributed by atoms with van der Waals surface area (Å²) >= 11 is 1.37. The van der Waals surface area contributed by atoms with Gasteiger partial charge >= 0.3 is 0 Å². The molecule has 6 heteroatoms. The SMILES string of the molecule is Cc1ccc(C)c(OCC(=O)Nc2ccccc2-c2csc(N)n2)c1. The molecule has 0 spiro atoms. The highest BCUT2D eigenvalue weighted by molar-refractivity contribution is 7.13. The first-order chi connectivity index (χ1) is 12.0. The maximum atomic E-state index is 12.3. The largest absolute Gasteiger partial charge is 0.483 e. The van der Waals surface area contributed by atoms with Crippen molar-refractivity contribution < 1.29 is 9.53 Å². The Morgan fingerprint density at radius 1 is 1.24 bits per heavy atom. The van der Waals surface area contributed by atoms with Gasteiger partial charge in [-0.1, -0.05) is 30.3 Å². The van der Waals surface area contributed by atoms with Gasteiger partial charge in [0.05, 0.1) is 11.4 Å². The highest BCUT2D eigenvalue weighted by Gasteiger charge is 2.11. The standard InChI is InChI=1S/C19H19N3O2S/c1-12-7-8-13(2)17(9-12)24-10-18(23)21-15-6-4-3-5-14(15)16-11-25-19(20)22-16/h3-9,11H,10H2,1-2H3,(H2,20,22)(H,21,23). The second-order valence-corrected chi connectivity index (χ2v) is 6.61. The number of aromatic nitrogens is 1. The number of amides is 1. The topological polar surface area (TPSA) is 77.2 Å². The average Bonchev–Trinajstić information content (AvgIpc) is 3.02. The normalized spacial score (nSPS) is 10.5. The van der Waals surface area contributed by atoms with Crippen LogP contribution in [0.4, 0.5) is 10.8 Å². The van der Waals surface area contributed by atoms with Crippen LogP contribution >= 0.6 is 11.3 Å². The van der Waals surface area contributed by atoms with Crippen LogP contribution in [0.25, 0.3) is 11.3 Å². The quantitative estimate of drug-likeness (QED) is 0.726. The molecule has 25 heavy (non-hydrogen) atoms. The molecule has 3 rings (SSSR count). The maximum absolute atomic E-state index is 12.3. The van der Waals surface area contributed by atoms with Crippen molar-refractivity contribution in [2.45, 2.75) is 13.8 Å². The van der Waals surface area contributed by atoms with Crippen LogP contribution in [0.15, 0.2) is 47.8 Å². The van der Waals surface area contributed by atoms with E-state index in [1.165, 1.54) is 11.3 Å². The Labute approximate surface area is 150 Å². The molecule has 1 heterocycles. The number of anilines is 2. The summed E-state index contributed by atoms with van der Waals surface area (Å²) in [5.74, 6) is 0.493. The molecule has 128 valence electrons. The number of aryl methyl sites for hydroxylation is 2. The third-order valence-electron chi connectivity index (χ3n) is 3.70. The number of nitrogens with two attached hydrogens (primary N) is 1. The zero-order valence-electron chi connectivity index (χ0n) is 14.1. The summed E-state index contributed by atoms with van der Waals surface area (Å²) in [6.07, 6.45) is 0. The molecular formula is C19H19N3O2S. The Bertz CT molecular complexity index is 905. The van der Waals surface area contributed by atoms with Gasteiger partial charge in [0.15, 0.2) is 11.7 Å². The lowest BCUT2D eigenvalue weighted by Gasteiger charge is -2.12. The van der Waals surface area contributed by atoms with Gasteiger partial charge in [-0.15, -0.1) is 11.3 Å². The summed E-state index contributed by atoms with van der Waals surface area (Å²) in [6.45, 7) is 3.88. The predicted octanol–water partition coefficient (Wildman–Crippen LogP) is 4.03. The molecule has 0 atom stereocenters. The molecule has 0 aliphatic carbocycles. The molecule has 0 aliphatic heterocycles. The average molecular weight is 353 g/mol. The lowest BCUT2D eigenvalue weighted by Crippen LogP contribution is -2.20.